The molecule has 220 valence electrons. The van der Waals surface area contributed by atoms with Crippen LogP contribution in [0, 0.1) is 11.6 Å². The van der Waals surface area contributed by atoms with Crippen LogP contribution >= 0.6 is 11.6 Å². The molecule has 0 aromatic heterocycles. The minimum Gasteiger partial charge on any atom is -0.489 e. The summed E-state index contributed by atoms with van der Waals surface area (Å²) in [5, 5.41) is 0.195. The van der Waals surface area contributed by atoms with Gasteiger partial charge in [0.2, 0.25) is 0 Å². The molecule has 0 aliphatic carbocycles. The number of esters is 1. The molecular formula is C28H25ClF5NO5S. The maximum absolute atomic E-state index is 14.3. The summed E-state index contributed by atoms with van der Waals surface area (Å²) in [7, 11) is -3.12. The molecule has 1 heterocycles. The lowest BCUT2D eigenvalue weighted by molar-refractivity contribution is -0.141. The van der Waals surface area contributed by atoms with Crippen molar-refractivity contribution in [3.05, 3.63) is 87.9 Å². The monoisotopic (exact) mass is 617 g/mol. The van der Waals surface area contributed by atoms with Gasteiger partial charge >= 0.3 is 12.1 Å². The molecule has 0 saturated heterocycles. The fourth-order valence-corrected chi connectivity index (χ4v) is 5.69. The summed E-state index contributed by atoms with van der Waals surface area (Å²) in [5.41, 5.74) is -0.482. The number of halogens is 6. The number of anilines is 1. The average molecular weight is 618 g/mol. The molecule has 0 unspecified atom stereocenters. The number of sulfonamides is 1. The SMILES string of the molecule is C/C(=C\c1ccc2c(c1)N(S(=O)(=O)c1ccc(F)c(C(F)(F)F)c1)CCO2)c1c(F)cccc1Cl.CCC(=O)OC. The number of ether oxygens (including phenoxy) is 2. The van der Waals surface area contributed by atoms with Gasteiger partial charge in [0.1, 0.15) is 24.0 Å². The number of hydrogen-bond donors (Lipinski definition) is 0. The number of methoxy groups -OCH3 is 1. The molecule has 41 heavy (non-hydrogen) atoms. The number of allylic oxidation sites excluding steroid dienone is 1. The first-order valence-corrected chi connectivity index (χ1v) is 13.9. The lowest BCUT2D eigenvalue weighted by atomic mass is 10.0. The van der Waals surface area contributed by atoms with Crippen molar-refractivity contribution in [1.29, 1.82) is 0 Å². The predicted molar refractivity (Wildman–Crippen MR) is 145 cm³/mol. The zero-order valence-electron chi connectivity index (χ0n) is 22.1. The molecule has 0 saturated carbocycles. The van der Waals surface area contributed by atoms with Crippen LogP contribution in [0.5, 0.6) is 5.75 Å². The molecule has 0 spiro atoms. The van der Waals surface area contributed by atoms with E-state index in [0.29, 0.717) is 23.6 Å². The summed E-state index contributed by atoms with van der Waals surface area (Å²) in [6.07, 6.45) is -3.01. The summed E-state index contributed by atoms with van der Waals surface area (Å²) in [5.74, 6) is -2.08. The van der Waals surface area contributed by atoms with E-state index in [-0.39, 0.29) is 47.2 Å². The van der Waals surface area contributed by atoms with Gasteiger partial charge in [-0.3, -0.25) is 9.10 Å². The fourth-order valence-electron chi connectivity index (χ4n) is 3.90. The zero-order valence-corrected chi connectivity index (χ0v) is 23.6. The van der Waals surface area contributed by atoms with E-state index in [1.165, 1.54) is 37.4 Å². The molecule has 6 nitrogen and oxygen atoms in total. The van der Waals surface area contributed by atoms with Gasteiger partial charge in [-0.1, -0.05) is 36.7 Å². The van der Waals surface area contributed by atoms with Gasteiger partial charge in [-0.2, -0.15) is 13.2 Å². The van der Waals surface area contributed by atoms with E-state index in [2.05, 4.69) is 4.74 Å². The van der Waals surface area contributed by atoms with E-state index in [1.807, 2.05) is 0 Å². The highest BCUT2D eigenvalue weighted by molar-refractivity contribution is 7.92. The van der Waals surface area contributed by atoms with Gasteiger partial charge < -0.3 is 9.47 Å². The quantitative estimate of drug-likeness (QED) is 0.170. The Morgan fingerprint density at radius 3 is 2.39 bits per heavy atom. The van der Waals surface area contributed by atoms with E-state index >= 15 is 0 Å². The molecule has 0 N–H and O–H groups in total. The van der Waals surface area contributed by atoms with E-state index < -0.39 is 38.3 Å². The molecule has 4 rings (SSSR count). The summed E-state index contributed by atoms with van der Waals surface area (Å²) in [6, 6.07) is 10.4. The van der Waals surface area contributed by atoms with Crippen molar-refractivity contribution in [3.63, 3.8) is 0 Å². The first-order chi connectivity index (χ1) is 19.2. The van der Waals surface area contributed by atoms with Gasteiger partial charge in [-0.15, -0.1) is 0 Å². The highest BCUT2D eigenvalue weighted by Crippen LogP contribution is 2.39. The third kappa shape index (κ3) is 7.36. The number of benzene rings is 3. The Hall–Kier alpha value is -3.64. The number of hydrogen-bond acceptors (Lipinski definition) is 5. The Morgan fingerprint density at radius 2 is 1.80 bits per heavy atom. The lowest BCUT2D eigenvalue weighted by Gasteiger charge is -2.31. The van der Waals surface area contributed by atoms with Crippen molar-refractivity contribution in [3.8, 4) is 5.75 Å². The second-order valence-electron chi connectivity index (χ2n) is 8.65. The van der Waals surface area contributed by atoms with Crippen molar-refractivity contribution >= 4 is 44.9 Å². The topological polar surface area (TPSA) is 72.9 Å². The minimum atomic E-state index is -5.07. The third-order valence-electron chi connectivity index (χ3n) is 5.89. The summed E-state index contributed by atoms with van der Waals surface area (Å²) < 4.78 is 105. The van der Waals surface area contributed by atoms with Crippen LogP contribution in [0.25, 0.3) is 11.6 Å². The maximum atomic E-state index is 14.3. The van der Waals surface area contributed by atoms with E-state index in [4.69, 9.17) is 16.3 Å². The van der Waals surface area contributed by atoms with Crippen LogP contribution in [0.4, 0.5) is 27.6 Å². The average Bonchev–Trinajstić information content (AvgIpc) is 2.92. The summed E-state index contributed by atoms with van der Waals surface area (Å²) in [4.78, 5) is 9.24. The number of rotatable bonds is 5. The number of carbonyl (C=O) groups excluding carboxylic acids is 1. The Labute approximate surface area is 239 Å². The molecular weight excluding hydrogens is 593 g/mol. The Balaban J connectivity index is 0.000000696. The first-order valence-electron chi connectivity index (χ1n) is 12.1. The highest BCUT2D eigenvalue weighted by atomic mass is 35.5. The van der Waals surface area contributed by atoms with E-state index in [0.717, 1.165) is 10.4 Å². The molecule has 3 aromatic carbocycles. The largest absolute Gasteiger partial charge is 0.489 e. The number of alkyl halides is 3. The minimum absolute atomic E-state index is 0.0431. The standard InChI is InChI=1S/C24H17ClF5NO3S.C4H8O2/c1-14(23-18(25)3-2-4-20(23)27)11-15-5-8-22-21(12-15)31(9-10-34-22)35(32,33)16-6-7-19(26)17(13-16)24(28,29)30;1-3-4(5)6-2/h2-8,11-13H,9-10H2,1H3;3H2,1-2H3/b14-11+;. The number of carbonyl (C=O) groups is 1. The van der Waals surface area contributed by atoms with Crippen molar-refractivity contribution < 1.29 is 44.6 Å². The molecule has 0 amide bonds. The number of nitrogens with zero attached hydrogens (tertiary/aromatic N) is 1. The predicted octanol–water partition coefficient (Wildman–Crippen LogP) is 7.35. The van der Waals surface area contributed by atoms with Gasteiger partial charge in [0.05, 0.1) is 34.8 Å². The highest BCUT2D eigenvalue weighted by Gasteiger charge is 2.37. The van der Waals surface area contributed by atoms with Crippen LogP contribution in [0.15, 0.2) is 59.5 Å². The van der Waals surface area contributed by atoms with Crippen LogP contribution in [0.1, 0.15) is 37.0 Å². The van der Waals surface area contributed by atoms with Crippen molar-refractivity contribution in [2.45, 2.75) is 31.3 Å². The fraction of sp³-hybridized carbons (Fsp3) is 0.250. The van der Waals surface area contributed by atoms with Crippen LogP contribution in [-0.2, 0) is 25.7 Å². The normalized spacial score (nSPS) is 13.5. The molecule has 0 bridgehead atoms. The second kappa shape index (κ2) is 12.9. The zero-order chi connectivity index (χ0) is 30.5. The number of fused-ring (bicyclic) bond motifs is 1. The lowest BCUT2D eigenvalue weighted by Crippen LogP contribution is -2.38. The Bertz CT molecular complexity index is 1550. The van der Waals surface area contributed by atoms with Crippen molar-refractivity contribution in [1.82, 2.24) is 0 Å². The molecule has 0 fully saturated rings. The molecule has 0 atom stereocenters. The van der Waals surface area contributed by atoms with Crippen molar-refractivity contribution in [2.75, 3.05) is 24.6 Å². The van der Waals surface area contributed by atoms with Gasteiger partial charge in [-0.25, -0.2) is 17.2 Å². The summed E-state index contributed by atoms with van der Waals surface area (Å²) >= 11 is 6.12. The van der Waals surface area contributed by atoms with Crippen LogP contribution in [-0.4, -0.2) is 34.6 Å². The Kier molecular flexibility index (Phi) is 10.0. The molecule has 1 aliphatic heterocycles. The van der Waals surface area contributed by atoms with Crippen LogP contribution < -0.4 is 9.04 Å². The smallest absolute Gasteiger partial charge is 0.419 e. The summed E-state index contributed by atoms with van der Waals surface area (Å²) in [6.45, 7) is 3.16. The first kappa shape index (κ1) is 31.9. The van der Waals surface area contributed by atoms with E-state index in [1.54, 1.807) is 26.0 Å². The van der Waals surface area contributed by atoms with Gasteiger partial charge in [0.25, 0.3) is 10.0 Å². The third-order valence-corrected chi connectivity index (χ3v) is 8.02. The van der Waals surface area contributed by atoms with E-state index in [9.17, 15) is 35.2 Å². The molecule has 0 radical (unpaired) electrons. The van der Waals surface area contributed by atoms with Gasteiger partial charge in [0, 0.05) is 12.0 Å². The second-order valence-corrected chi connectivity index (χ2v) is 10.9. The maximum Gasteiger partial charge on any atom is 0.419 e. The molecule has 3 aromatic rings. The molecule has 13 heteroatoms. The molecule has 1 aliphatic rings. The van der Waals surface area contributed by atoms with Crippen molar-refractivity contribution in [2.24, 2.45) is 0 Å². The Morgan fingerprint density at radius 1 is 1.10 bits per heavy atom. The van der Waals surface area contributed by atoms with Crippen LogP contribution in [0.3, 0.4) is 0 Å². The van der Waals surface area contributed by atoms with Gasteiger partial charge in [0.15, 0.2) is 0 Å². The van der Waals surface area contributed by atoms with Crippen LogP contribution in [0.2, 0.25) is 5.02 Å². The van der Waals surface area contributed by atoms with Gasteiger partial charge in [-0.05, 0) is 60.5 Å².